The highest BCUT2D eigenvalue weighted by Crippen LogP contribution is 2.12. The monoisotopic (exact) mass is 280 g/mol. The number of hydrogen-bond acceptors (Lipinski definition) is 2. The maximum absolute atomic E-state index is 12.7. The molecule has 5 heteroatoms. The van der Waals surface area contributed by atoms with Gasteiger partial charge in [0, 0.05) is 12.0 Å². The predicted octanol–water partition coefficient (Wildman–Crippen LogP) is 1.99. The minimum absolute atomic E-state index is 0.179. The first-order chi connectivity index (χ1) is 9.20. The van der Waals surface area contributed by atoms with Crippen LogP contribution in [0.3, 0.4) is 0 Å². The molecule has 0 saturated carbocycles. The third-order valence-electron chi connectivity index (χ3n) is 2.80. The number of halogens is 1. The average Bonchev–Trinajstić information content (AvgIpc) is 2.36. The molecule has 1 aromatic rings. The van der Waals surface area contributed by atoms with Gasteiger partial charge in [-0.05, 0) is 24.6 Å². The van der Waals surface area contributed by atoms with E-state index in [0.717, 1.165) is 5.56 Å². The van der Waals surface area contributed by atoms with Crippen molar-refractivity contribution in [3.63, 3.8) is 0 Å². The van der Waals surface area contributed by atoms with Gasteiger partial charge in [0.25, 0.3) is 0 Å². The average molecular weight is 280 g/mol. The van der Waals surface area contributed by atoms with Crippen LogP contribution in [-0.4, -0.2) is 17.9 Å². The van der Waals surface area contributed by atoms with Crippen LogP contribution in [0.25, 0.3) is 0 Å². The van der Waals surface area contributed by atoms with Crippen molar-refractivity contribution in [2.75, 3.05) is 0 Å². The van der Waals surface area contributed by atoms with E-state index in [1.807, 2.05) is 0 Å². The summed E-state index contributed by atoms with van der Waals surface area (Å²) < 4.78 is 12.7. The van der Waals surface area contributed by atoms with Gasteiger partial charge < -0.3 is 10.6 Å². The number of hydrogen-bond donors (Lipinski definition) is 2. The molecule has 2 N–H and O–H groups in total. The molecule has 0 aliphatic rings. The topological polar surface area (TPSA) is 58.2 Å². The van der Waals surface area contributed by atoms with Crippen LogP contribution in [0.5, 0.6) is 0 Å². The second-order valence-corrected chi connectivity index (χ2v) is 5.79. The van der Waals surface area contributed by atoms with Crippen molar-refractivity contribution < 1.29 is 14.0 Å². The number of carbonyl (C=O) groups is 2. The Labute approximate surface area is 118 Å². The fourth-order valence-electron chi connectivity index (χ4n) is 1.42. The van der Waals surface area contributed by atoms with Gasteiger partial charge in [-0.2, -0.15) is 0 Å². The third kappa shape index (κ3) is 4.99. The summed E-state index contributed by atoms with van der Waals surface area (Å²) in [5.74, 6) is -0.764. The van der Waals surface area contributed by atoms with E-state index in [9.17, 15) is 14.0 Å². The van der Waals surface area contributed by atoms with E-state index < -0.39 is 11.5 Å². The van der Waals surface area contributed by atoms with Gasteiger partial charge in [0.05, 0.1) is 0 Å². The van der Waals surface area contributed by atoms with Crippen molar-refractivity contribution >= 4 is 11.8 Å². The Morgan fingerprint density at radius 2 is 1.75 bits per heavy atom. The summed E-state index contributed by atoms with van der Waals surface area (Å²) in [6.07, 6.45) is 0. The van der Waals surface area contributed by atoms with E-state index in [-0.39, 0.29) is 17.6 Å². The molecular formula is C15H21FN2O2. The van der Waals surface area contributed by atoms with Crippen molar-refractivity contribution in [2.24, 2.45) is 5.41 Å². The Kier molecular flexibility index (Phi) is 5.25. The van der Waals surface area contributed by atoms with Crippen molar-refractivity contribution in [2.45, 2.75) is 40.3 Å². The van der Waals surface area contributed by atoms with Gasteiger partial charge in [0.15, 0.2) is 0 Å². The van der Waals surface area contributed by atoms with Crippen LogP contribution in [0.1, 0.15) is 33.3 Å². The summed E-state index contributed by atoms with van der Waals surface area (Å²) in [5.41, 5.74) is 0.264. The standard InChI is InChI=1S/C15H21FN2O2/c1-10(18-14(20)15(2,3)4)13(19)17-9-11-5-7-12(16)8-6-11/h5-8,10H,9H2,1-4H3,(H,17,19)(H,18,20). The maximum atomic E-state index is 12.7. The zero-order valence-electron chi connectivity index (χ0n) is 12.3. The molecule has 0 saturated heterocycles. The Morgan fingerprint density at radius 3 is 2.25 bits per heavy atom. The van der Waals surface area contributed by atoms with Crippen molar-refractivity contribution in [1.29, 1.82) is 0 Å². The number of rotatable bonds is 4. The molecule has 2 amide bonds. The largest absolute Gasteiger partial charge is 0.350 e. The molecule has 0 spiro atoms. The van der Waals surface area contributed by atoms with Crippen LogP contribution >= 0.6 is 0 Å². The zero-order valence-corrected chi connectivity index (χ0v) is 12.3. The first-order valence-corrected chi connectivity index (χ1v) is 6.53. The van der Waals surface area contributed by atoms with Crippen LogP contribution in [0.4, 0.5) is 4.39 Å². The van der Waals surface area contributed by atoms with Crippen LogP contribution in [0.2, 0.25) is 0 Å². The molecule has 1 rings (SSSR count). The summed E-state index contributed by atoms with van der Waals surface area (Å²) in [5, 5.41) is 5.35. The second-order valence-electron chi connectivity index (χ2n) is 5.79. The Balaban J connectivity index is 2.46. The second kappa shape index (κ2) is 6.50. The van der Waals surface area contributed by atoms with Gasteiger partial charge in [-0.3, -0.25) is 9.59 Å². The van der Waals surface area contributed by atoms with Gasteiger partial charge in [-0.15, -0.1) is 0 Å². The molecule has 20 heavy (non-hydrogen) atoms. The summed E-state index contributed by atoms with van der Waals surface area (Å²) in [4.78, 5) is 23.6. The van der Waals surface area contributed by atoms with E-state index in [4.69, 9.17) is 0 Å². The SMILES string of the molecule is CC(NC(=O)C(C)(C)C)C(=O)NCc1ccc(F)cc1. The lowest BCUT2D eigenvalue weighted by molar-refractivity contribution is -0.133. The molecule has 0 aromatic heterocycles. The predicted molar refractivity (Wildman–Crippen MR) is 75.3 cm³/mol. The Morgan fingerprint density at radius 1 is 1.20 bits per heavy atom. The molecule has 0 fully saturated rings. The van der Waals surface area contributed by atoms with Gasteiger partial charge in [0.2, 0.25) is 11.8 Å². The summed E-state index contributed by atoms with van der Waals surface area (Å²) in [7, 11) is 0. The number of carbonyl (C=O) groups excluding carboxylic acids is 2. The first kappa shape index (κ1) is 16.1. The lowest BCUT2D eigenvalue weighted by atomic mass is 9.95. The number of amides is 2. The maximum Gasteiger partial charge on any atom is 0.242 e. The molecule has 0 aliphatic heterocycles. The summed E-state index contributed by atoms with van der Waals surface area (Å²) >= 11 is 0. The molecule has 0 radical (unpaired) electrons. The summed E-state index contributed by atoms with van der Waals surface area (Å²) in [6.45, 7) is 7.28. The van der Waals surface area contributed by atoms with Crippen molar-refractivity contribution in [3.05, 3.63) is 35.6 Å². The molecule has 110 valence electrons. The lowest BCUT2D eigenvalue weighted by Gasteiger charge is -2.21. The quantitative estimate of drug-likeness (QED) is 0.886. The smallest absolute Gasteiger partial charge is 0.242 e. The lowest BCUT2D eigenvalue weighted by Crippen LogP contribution is -2.48. The molecule has 0 heterocycles. The molecule has 0 bridgehead atoms. The first-order valence-electron chi connectivity index (χ1n) is 6.53. The fraction of sp³-hybridized carbons (Fsp3) is 0.467. The van der Waals surface area contributed by atoms with Crippen molar-refractivity contribution in [1.82, 2.24) is 10.6 Å². The normalized spacial score (nSPS) is 12.7. The van der Waals surface area contributed by atoms with Crippen LogP contribution in [0, 0.1) is 11.2 Å². The van der Waals surface area contributed by atoms with Gasteiger partial charge in [0.1, 0.15) is 11.9 Å². The van der Waals surface area contributed by atoms with Crippen LogP contribution in [-0.2, 0) is 16.1 Å². The Hall–Kier alpha value is -1.91. The van der Waals surface area contributed by atoms with Gasteiger partial charge in [-0.1, -0.05) is 32.9 Å². The third-order valence-corrected chi connectivity index (χ3v) is 2.80. The summed E-state index contributed by atoms with van der Waals surface area (Å²) in [6, 6.07) is 5.28. The molecule has 1 atom stereocenters. The highest BCUT2D eigenvalue weighted by Gasteiger charge is 2.24. The molecular weight excluding hydrogens is 259 g/mol. The highest BCUT2D eigenvalue weighted by molar-refractivity contribution is 5.89. The Bertz CT molecular complexity index is 478. The fourth-order valence-corrected chi connectivity index (χ4v) is 1.42. The molecule has 0 aliphatic carbocycles. The van der Waals surface area contributed by atoms with E-state index in [0.29, 0.717) is 6.54 Å². The zero-order chi connectivity index (χ0) is 15.3. The van der Waals surface area contributed by atoms with Crippen LogP contribution in [0.15, 0.2) is 24.3 Å². The number of benzene rings is 1. The van der Waals surface area contributed by atoms with E-state index in [1.165, 1.54) is 12.1 Å². The van der Waals surface area contributed by atoms with E-state index >= 15 is 0 Å². The minimum atomic E-state index is -0.609. The minimum Gasteiger partial charge on any atom is -0.350 e. The van der Waals surface area contributed by atoms with Crippen molar-refractivity contribution in [3.8, 4) is 0 Å². The highest BCUT2D eigenvalue weighted by atomic mass is 19.1. The van der Waals surface area contributed by atoms with Gasteiger partial charge in [-0.25, -0.2) is 4.39 Å². The molecule has 4 nitrogen and oxygen atoms in total. The van der Waals surface area contributed by atoms with Gasteiger partial charge >= 0.3 is 0 Å². The van der Waals surface area contributed by atoms with Crippen LogP contribution < -0.4 is 10.6 Å². The number of nitrogens with one attached hydrogen (secondary N) is 2. The van der Waals surface area contributed by atoms with E-state index in [1.54, 1.807) is 39.8 Å². The molecule has 1 unspecified atom stereocenters. The molecule has 1 aromatic carbocycles. The van der Waals surface area contributed by atoms with E-state index in [2.05, 4.69) is 10.6 Å².